The average Bonchev–Trinajstić information content (AvgIpc) is 3.28. The Morgan fingerprint density at radius 2 is 2.06 bits per heavy atom. The first-order chi connectivity index (χ1) is 17.2. The summed E-state index contributed by atoms with van der Waals surface area (Å²) in [4.78, 5) is 33.6. The van der Waals surface area contributed by atoms with Crippen molar-refractivity contribution in [1.29, 1.82) is 5.26 Å². The number of ether oxygens (including phenoxy) is 1. The van der Waals surface area contributed by atoms with Crippen LogP contribution in [0.4, 0.5) is 13.9 Å². The first-order valence-corrected chi connectivity index (χ1v) is 12.1. The van der Waals surface area contributed by atoms with E-state index in [9.17, 15) is 23.6 Å². The molecule has 2 amide bonds. The Morgan fingerprint density at radius 1 is 1.25 bits per heavy atom. The van der Waals surface area contributed by atoms with Gasteiger partial charge in [-0.15, -0.1) is 11.3 Å². The summed E-state index contributed by atoms with van der Waals surface area (Å²) in [6, 6.07) is 12.1. The van der Waals surface area contributed by atoms with Crippen LogP contribution >= 0.6 is 11.3 Å². The maximum Gasteiger partial charge on any atom is 0.257 e. The SMILES string of the molecule is C[C@]1(C#N)CCOc2ccc(C(=O)NCC(=O)Nc3nc(-c4cccc([C@H]5CC5(F)F)n4)cs3)cc21. The summed E-state index contributed by atoms with van der Waals surface area (Å²) < 4.78 is 32.3. The third-order valence-corrected chi connectivity index (χ3v) is 7.08. The molecule has 1 saturated carbocycles. The first-order valence-electron chi connectivity index (χ1n) is 11.3. The summed E-state index contributed by atoms with van der Waals surface area (Å²) in [7, 11) is 0. The number of rotatable bonds is 6. The summed E-state index contributed by atoms with van der Waals surface area (Å²) in [5.41, 5.74) is 1.44. The molecular formula is C25H21F2N5O3S. The minimum absolute atomic E-state index is 0.204. The summed E-state index contributed by atoms with van der Waals surface area (Å²) in [6.07, 6.45) is 0.317. The molecule has 8 nitrogen and oxygen atoms in total. The largest absolute Gasteiger partial charge is 0.493 e. The van der Waals surface area contributed by atoms with Crippen LogP contribution in [0.1, 0.15) is 47.3 Å². The molecular weight excluding hydrogens is 488 g/mol. The van der Waals surface area contributed by atoms with E-state index in [0.29, 0.717) is 52.1 Å². The van der Waals surface area contributed by atoms with Crippen molar-refractivity contribution in [3.8, 4) is 23.2 Å². The van der Waals surface area contributed by atoms with E-state index in [1.54, 1.807) is 48.7 Å². The minimum atomic E-state index is -2.71. The molecule has 184 valence electrons. The maximum atomic E-state index is 13.4. The lowest BCUT2D eigenvalue weighted by atomic mass is 9.78. The Kier molecular flexibility index (Phi) is 5.92. The van der Waals surface area contributed by atoms with E-state index in [1.807, 2.05) is 0 Å². The van der Waals surface area contributed by atoms with Gasteiger partial charge < -0.3 is 15.4 Å². The molecule has 0 bridgehead atoms. The van der Waals surface area contributed by atoms with Crippen LogP contribution in [0, 0.1) is 11.3 Å². The summed E-state index contributed by atoms with van der Waals surface area (Å²) in [6.45, 7) is 1.94. The number of fused-ring (bicyclic) bond motifs is 1. The zero-order chi connectivity index (χ0) is 25.5. The lowest BCUT2D eigenvalue weighted by Crippen LogP contribution is -2.33. The fourth-order valence-electron chi connectivity index (χ4n) is 4.04. The number of carbonyl (C=O) groups excluding carboxylic acids is 2. The standard InChI is InChI=1S/C25H21F2N5O3S/c1-24(13-28)7-8-35-20-6-5-14(9-15(20)24)22(34)29-11-21(33)32-23-31-19(12-36-23)18-4-2-3-17(30-18)16-10-25(16,26)27/h2-6,9,12,16H,7-8,10-11H2,1H3,(H,29,34)(H,31,32,33)/t16-,24-/m1/s1. The van der Waals surface area contributed by atoms with Crippen LogP contribution in [0.25, 0.3) is 11.4 Å². The molecule has 1 aliphatic carbocycles. The number of nitrogens with one attached hydrogen (secondary N) is 2. The predicted molar refractivity (Wildman–Crippen MR) is 128 cm³/mol. The summed E-state index contributed by atoms with van der Waals surface area (Å²) >= 11 is 1.16. The highest BCUT2D eigenvalue weighted by atomic mass is 32.1. The number of pyridine rings is 1. The smallest absolute Gasteiger partial charge is 0.257 e. The van der Waals surface area contributed by atoms with E-state index >= 15 is 0 Å². The number of benzene rings is 1. The monoisotopic (exact) mass is 509 g/mol. The predicted octanol–water partition coefficient (Wildman–Crippen LogP) is 4.26. The van der Waals surface area contributed by atoms with Gasteiger partial charge >= 0.3 is 0 Å². The van der Waals surface area contributed by atoms with Crippen LogP contribution in [0.15, 0.2) is 41.8 Å². The molecule has 0 unspecified atom stereocenters. The quantitative estimate of drug-likeness (QED) is 0.513. The van der Waals surface area contributed by atoms with E-state index in [0.717, 1.165) is 11.3 Å². The third-order valence-electron chi connectivity index (χ3n) is 6.32. The van der Waals surface area contributed by atoms with Crippen LogP contribution in [0.2, 0.25) is 0 Å². The number of thiazole rings is 1. The number of carbonyl (C=O) groups is 2. The van der Waals surface area contributed by atoms with E-state index < -0.39 is 29.1 Å². The number of amides is 2. The van der Waals surface area contributed by atoms with Gasteiger partial charge in [0.15, 0.2) is 5.13 Å². The lowest BCUT2D eigenvalue weighted by molar-refractivity contribution is -0.115. The molecule has 2 N–H and O–H groups in total. The van der Waals surface area contributed by atoms with Gasteiger partial charge in [0.1, 0.15) is 11.4 Å². The Morgan fingerprint density at radius 3 is 2.81 bits per heavy atom. The number of nitrogens with zero attached hydrogens (tertiary/aromatic N) is 3. The molecule has 2 aromatic heterocycles. The number of aromatic nitrogens is 2. The second-order valence-electron chi connectivity index (χ2n) is 8.99. The molecule has 5 rings (SSSR count). The molecule has 0 radical (unpaired) electrons. The highest BCUT2D eigenvalue weighted by Crippen LogP contribution is 2.55. The van der Waals surface area contributed by atoms with Crippen molar-refractivity contribution in [1.82, 2.24) is 15.3 Å². The Hall–Kier alpha value is -3.91. The molecule has 36 heavy (non-hydrogen) atoms. The van der Waals surface area contributed by atoms with Crippen molar-refractivity contribution in [2.75, 3.05) is 18.5 Å². The Labute approximate surface area is 209 Å². The highest BCUT2D eigenvalue weighted by Gasteiger charge is 2.58. The Bertz CT molecular complexity index is 1400. The van der Waals surface area contributed by atoms with Gasteiger partial charge in [-0.2, -0.15) is 5.26 Å². The van der Waals surface area contributed by atoms with Crippen molar-refractivity contribution in [2.24, 2.45) is 0 Å². The number of anilines is 1. The maximum absolute atomic E-state index is 13.4. The molecule has 3 aromatic rings. The topological polar surface area (TPSA) is 117 Å². The van der Waals surface area contributed by atoms with Gasteiger partial charge in [0.2, 0.25) is 5.91 Å². The molecule has 1 aromatic carbocycles. The van der Waals surface area contributed by atoms with Crippen molar-refractivity contribution >= 4 is 28.3 Å². The molecule has 2 aliphatic rings. The Balaban J connectivity index is 1.19. The molecule has 1 aliphatic heterocycles. The third kappa shape index (κ3) is 4.64. The van der Waals surface area contributed by atoms with Crippen LogP contribution in [-0.4, -0.2) is 40.9 Å². The molecule has 3 heterocycles. The van der Waals surface area contributed by atoms with Gasteiger partial charge in [0, 0.05) is 29.3 Å². The fraction of sp³-hybridized carbons (Fsp3) is 0.320. The minimum Gasteiger partial charge on any atom is -0.493 e. The zero-order valence-corrected chi connectivity index (χ0v) is 20.0. The number of hydrogen-bond donors (Lipinski definition) is 2. The van der Waals surface area contributed by atoms with Gasteiger partial charge in [0.25, 0.3) is 11.8 Å². The number of alkyl halides is 2. The second kappa shape index (κ2) is 8.95. The highest BCUT2D eigenvalue weighted by molar-refractivity contribution is 7.14. The fourth-order valence-corrected chi connectivity index (χ4v) is 4.76. The van der Waals surface area contributed by atoms with Gasteiger partial charge in [-0.1, -0.05) is 6.07 Å². The lowest BCUT2D eigenvalue weighted by Gasteiger charge is -2.30. The molecule has 11 heteroatoms. The molecule has 2 atom stereocenters. The van der Waals surface area contributed by atoms with Gasteiger partial charge in [-0.25, -0.2) is 13.8 Å². The number of nitriles is 1. The average molecular weight is 510 g/mol. The van der Waals surface area contributed by atoms with Gasteiger partial charge in [-0.3, -0.25) is 14.6 Å². The van der Waals surface area contributed by atoms with Crippen molar-refractivity contribution in [2.45, 2.75) is 37.0 Å². The molecule has 0 saturated heterocycles. The molecule has 0 spiro atoms. The van der Waals surface area contributed by atoms with Crippen LogP contribution in [-0.2, 0) is 10.2 Å². The first kappa shape index (κ1) is 23.8. The van der Waals surface area contributed by atoms with Crippen LogP contribution < -0.4 is 15.4 Å². The van der Waals surface area contributed by atoms with Crippen LogP contribution in [0.5, 0.6) is 5.75 Å². The van der Waals surface area contributed by atoms with Crippen molar-refractivity contribution in [3.63, 3.8) is 0 Å². The van der Waals surface area contributed by atoms with Gasteiger partial charge in [-0.05, 0) is 37.3 Å². The van der Waals surface area contributed by atoms with E-state index in [2.05, 4.69) is 26.7 Å². The normalized spacial score (nSPS) is 21.4. The summed E-state index contributed by atoms with van der Waals surface area (Å²) in [5, 5.41) is 16.7. The number of halogens is 2. The van der Waals surface area contributed by atoms with E-state index in [-0.39, 0.29) is 13.0 Å². The zero-order valence-electron chi connectivity index (χ0n) is 19.2. The van der Waals surface area contributed by atoms with E-state index in [1.165, 1.54) is 0 Å². The van der Waals surface area contributed by atoms with Gasteiger partial charge in [0.05, 0.1) is 41.9 Å². The van der Waals surface area contributed by atoms with Crippen molar-refractivity contribution in [3.05, 3.63) is 58.6 Å². The summed E-state index contributed by atoms with van der Waals surface area (Å²) in [5.74, 6) is -3.94. The van der Waals surface area contributed by atoms with Crippen molar-refractivity contribution < 1.29 is 23.1 Å². The van der Waals surface area contributed by atoms with E-state index in [4.69, 9.17) is 4.74 Å². The molecule has 1 fully saturated rings. The van der Waals surface area contributed by atoms with Crippen LogP contribution in [0.3, 0.4) is 0 Å². The number of hydrogen-bond acceptors (Lipinski definition) is 7. The second-order valence-corrected chi connectivity index (χ2v) is 9.85.